The molecular formula is C14H18N4O. The largest absolute Gasteiger partial charge is 0.378 e. The highest BCUT2D eigenvalue weighted by Crippen LogP contribution is 2.17. The zero-order chi connectivity index (χ0) is 13.5. The number of rotatable bonds is 6. The minimum absolute atomic E-state index is 0.469. The molecule has 0 aromatic carbocycles. The fourth-order valence-corrected chi connectivity index (χ4v) is 1.69. The van der Waals surface area contributed by atoms with E-state index in [1.54, 1.807) is 19.5 Å². The highest BCUT2D eigenvalue weighted by atomic mass is 16.5. The quantitative estimate of drug-likeness (QED) is 0.862. The van der Waals surface area contributed by atoms with Crippen LogP contribution in [0.15, 0.2) is 30.6 Å². The van der Waals surface area contributed by atoms with Crippen molar-refractivity contribution in [3.05, 3.63) is 36.3 Å². The first-order chi connectivity index (χ1) is 9.33. The van der Waals surface area contributed by atoms with E-state index >= 15 is 0 Å². The Balaban J connectivity index is 2.33. The molecule has 0 saturated heterocycles. The molecule has 0 bridgehead atoms. The number of anilines is 1. The van der Waals surface area contributed by atoms with Gasteiger partial charge in [-0.15, -0.1) is 0 Å². The first kappa shape index (κ1) is 13.4. The fraction of sp³-hybridized carbons (Fsp3) is 0.357. The maximum Gasteiger partial charge on any atom is 0.163 e. The van der Waals surface area contributed by atoms with Crippen LogP contribution in [0.25, 0.3) is 11.4 Å². The predicted molar refractivity (Wildman–Crippen MR) is 74.8 cm³/mol. The smallest absolute Gasteiger partial charge is 0.163 e. The van der Waals surface area contributed by atoms with Crippen LogP contribution in [0.5, 0.6) is 0 Å². The van der Waals surface area contributed by atoms with E-state index in [9.17, 15) is 0 Å². The van der Waals surface area contributed by atoms with Crippen LogP contribution in [-0.2, 0) is 11.3 Å². The van der Waals surface area contributed by atoms with Gasteiger partial charge in [-0.25, -0.2) is 9.97 Å². The zero-order valence-corrected chi connectivity index (χ0v) is 11.3. The maximum atomic E-state index is 5.14. The Morgan fingerprint density at radius 2 is 2.21 bits per heavy atom. The summed E-state index contributed by atoms with van der Waals surface area (Å²) in [5.74, 6) is 1.49. The molecule has 2 rings (SSSR count). The molecule has 0 amide bonds. The Hall–Kier alpha value is -2.01. The predicted octanol–water partition coefficient (Wildman–Crippen LogP) is 2.51. The highest BCUT2D eigenvalue weighted by molar-refractivity contribution is 5.56. The minimum Gasteiger partial charge on any atom is -0.378 e. The van der Waals surface area contributed by atoms with E-state index in [2.05, 4.69) is 27.2 Å². The number of nitrogens with one attached hydrogen (secondary N) is 1. The van der Waals surface area contributed by atoms with Gasteiger partial charge in [-0.2, -0.15) is 0 Å². The van der Waals surface area contributed by atoms with Crippen molar-refractivity contribution in [1.82, 2.24) is 15.0 Å². The summed E-state index contributed by atoms with van der Waals surface area (Å²) in [7, 11) is 1.66. The average molecular weight is 258 g/mol. The van der Waals surface area contributed by atoms with E-state index in [-0.39, 0.29) is 0 Å². The summed E-state index contributed by atoms with van der Waals surface area (Å²) in [5.41, 5.74) is 1.76. The van der Waals surface area contributed by atoms with Crippen LogP contribution >= 0.6 is 0 Å². The Morgan fingerprint density at radius 1 is 1.32 bits per heavy atom. The van der Waals surface area contributed by atoms with Crippen LogP contribution in [0.4, 0.5) is 5.82 Å². The fourth-order valence-electron chi connectivity index (χ4n) is 1.69. The van der Waals surface area contributed by atoms with E-state index < -0.39 is 0 Å². The van der Waals surface area contributed by atoms with E-state index in [0.717, 1.165) is 30.0 Å². The first-order valence-corrected chi connectivity index (χ1v) is 6.34. The van der Waals surface area contributed by atoms with Crippen molar-refractivity contribution >= 4 is 5.82 Å². The molecule has 0 saturated carbocycles. The normalized spacial score (nSPS) is 10.4. The lowest BCUT2D eigenvalue weighted by atomic mass is 10.2. The molecule has 0 fully saturated rings. The summed E-state index contributed by atoms with van der Waals surface area (Å²) in [4.78, 5) is 13.1. The summed E-state index contributed by atoms with van der Waals surface area (Å²) in [5, 5.41) is 3.28. The summed E-state index contributed by atoms with van der Waals surface area (Å²) in [6.45, 7) is 3.47. The molecule has 2 aromatic heterocycles. The SMILES string of the molecule is CCCNc1cc(COC)nc(-c2cccnc2)n1. The van der Waals surface area contributed by atoms with Crippen molar-refractivity contribution in [3.63, 3.8) is 0 Å². The van der Waals surface area contributed by atoms with E-state index in [4.69, 9.17) is 4.74 Å². The summed E-state index contributed by atoms with van der Waals surface area (Å²) < 4.78 is 5.14. The molecule has 0 unspecified atom stereocenters. The molecule has 0 aliphatic heterocycles. The zero-order valence-electron chi connectivity index (χ0n) is 11.3. The Bertz CT molecular complexity index is 516. The van der Waals surface area contributed by atoms with Gasteiger partial charge >= 0.3 is 0 Å². The molecule has 5 heteroatoms. The minimum atomic E-state index is 0.469. The van der Waals surface area contributed by atoms with Gasteiger partial charge in [0.2, 0.25) is 0 Å². The molecule has 100 valence electrons. The van der Waals surface area contributed by atoms with Crippen molar-refractivity contribution in [3.8, 4) is 11.4 Å². The van der Waals surface area contributed by atoms with Gasteiger partial charge in [-0.3, -0.25) is 4.98 Å². The third-order valence-corrected chi connectivity index (χ3v) is 2.55. The van der Waals surface area contributed by atoms with Crippen LogP contribution in [0.2, 0.25) is 0 Å². The van der Waals surface area contributed by atoms with Gasteiger partial charge in [0, 0.05) is 37.7 Å². The number of ether oxygens (including phenoxy) is 1. The number of hydrogen-bond donors (Lipinski definition) is 1. The van der Waals surface area contributed by atoms with Crippen LogP contribution in [0, 0.1) is 0 Å². The molecule has 0 spiro atoms. The molecular weight excluding hydrogens is 240 g/mol. The Kier molecular flexibility index (Phi) is 4.80. The first-order valence-electron chi connectivity index (χ1n) is 6.34. The van der Waals surface area contributed by atoms with E-state index in [1.807, 2.05) is 18.2 Å². The van der Waals surface area contributed by atoms with Gasteiger partial charge in [0.1, 0.15) is 5.82 Å². The maximum absolute atomic E-state index is 5.14. The van der Waals surface area contributed by atoms with Crippen molar-refractivity contribution < 1.29 is 4.74 Å². The van der Waals surface area contributed by atoms with Gasteiger partial charge < -0.3 is 10.1 Å². The third-order valence-electron chi connectivity index (χ3n) is 2.55. The van der Waals surface area contributed by atoms with Crippen molar-refractivity contribution in [2.45, 2.75) is 20.0 Å². The second kappa shape index (κ2) is 6.80. The third kappa shape index (κ3) is 3.72. The van der Waals surface area contributed by atoms with Gasteiger partial charge in [0.05, 0.1) is 12.3 Å². The molecule has 19 heavy (non-hydrogen) atoms. The van der Waals surface area contributed by atoms with E-state index in [0.29, 0.717) is 12.4 Å². The number of hydrogen-bond acceptors (Lipinski definition) is 5. The Morgan fingerprint density at radius 3 is 2.89 bits per heavy atom. The van der Waals surface area contributed by atoms with Crippen molar-refractivity contribution in [2.24, 2.45) is 0 Å². The lowest BCUT2D eigenvalue weighted by molar-refractivity contribution is 0.181. The van der Waals surface area contributed by atoms with Crippen LogP contribution in [0.1, 0.15) is 19.0 Å². The summed E-state index contributed by atoms with van der Waals surface area (Å²) in [6.07, 6.45) is 4.54. The number of aromatic nitrogens is 3. The lowest BCUT2D eigenvalue weighted by Gasteiger charge is -2.09. The molecule has 0 aliphatic rings. The number of nitrogens with zero attached hydrogens (tertiary/aromatic N) is 3. The molecule has 0 aliphatic carbocycles. The molecule has 2 aromatic rings. The van der Waals surface area contributed by atoms with E-state index in [1.165, 1.54) is 0 Å². The topological polar surface area (TPSA) is 59.9 Å². The number of methoxy groups -OCH3 is 1. The second-order valence-electron chi connectivity index (χ2n) is 4.17. The summed E-state index contributed by atoms with van der Waals surface area (Å²) >= 11 is 0. The van der Waals surface area contributed by atoms with Gasteiger partial charge in [0.15, 0.2) is 5.82 Å². The monoisotopic (exact) mass is 258 g/mol. The van der Waals surface area contributed by atoms with Crippen LogP contribution in [-0.4, -0.2) is 28.6 Å². The van der Waals surface area contributed by atoms with Gasteiger partial charge in [0.25, 0.3) is 0 Å². The summed E-state index contributed by atoms with van der Waals surface area (Å²) in [6, 6.07) is 5.74. The van der Waals surface area contributed by atoms with Gasteiger partial charge in [-0.05, 0) is 18.6 Å². The molecule has 1 N–H and O–H groups in total. The van der Waals surface area contributed by atoms with Crippen LogP contribution in [0.3, 0.4) is 0 Å². The standard InChI is InChI=1S/C14H18N4O/c1-3-6-16-13-8-12(10-19-2)17-14(18-13)11-5-4-7-15-9-11/h4-5,7-9H,3,6,10H2,1-2H3,(H,16,17,18). The second-order valence-corrected chi connectivity index (χ2v) is 4.17. The average Bonchev–Trinajstić information content (AvgIpc) is 2.46. The molecule has 2 heterocycles. The lowest BCUT2D eigenvalue weighted by Crippen LogP contribution is -2.06. The highest BCUT2D eigenvalue weighted by Gasteiger charge is 2.06. The van der Waals surface area contributed by atoms with Crippen molar-refractivity contribution in [1.29, 1.82) is 0 Å². The molecule has 0 atom stereocenters. The van der Waals surface area contributed by atoms with Gasteiger partial charge in [-0.1, -0.05) is 6.92 Å². The molecule has 5 nitrogen and oxygen atoms in total. The molecule has 0 radical (unpaired) electrons. The number of pyridine rings is 1. The Labute approximate surface area is 113 Å². The van der Waals surface area contributed by atoms with Crippen molar-refractivity contribution in [2.75, 3.05) is 19.0 Å². The van der Waals surface area contributed by atoms with Crippen LogP contribution < -0.4 is 5.32 Å².